The Morgan fingerprint density at radius 2 is 2.05 bits per heavy atom. The van der Waals surface area contributed by atoms with E-state index in [0.29, 0.717) is 12.2 Å². The van der Waals surface area contributed by atoms with Crippen LogP contribution in [0.5, 0.6) is 0 Å². The SMILES string of the molecule is O=C(CC1CCCCO1)N[C@H](C(=O)O)c1ccccc1. The van der Waals surface area contributed by atoms with Crippen LogP contribution in [0.25, 0.3) is 0 Å². The Morgan fingerprint density at radius 3 is 2.65 bits per heavy atom. The van der Waals surface area contributed by atoms with Gasteiger partial charge in [-0.15, -0.1) is 0 Å². The molecule has 0 aliphatic carbocycles. The standard InChI is InChI=1S/C15H19NO4/c17-13(10-12-8-4-5-9-20-12)16-14(15(18)19)11-6-2-1-3-7-11/h1-3,6-7,12,14H,4-5,8-10H2,(H,16,17)(H,18,19)/t12?,14-/m0/s1. The van der Waals surface area contributed by atoms with E-state index in [0.717, 1.165) is 19.3 Å². The monoisotopic (exact) mass is 277 g/mol. The topological polar surface area (TPSA) is 75.6 Å². The summed E-state index contributed by atoms with van der Waals surface area (Å²) in [6.45, 7) is 0.680. The van der Waals surface area contributed by atoms with Crippen LogP contribution in [0.4, 0.5) is 0 Å². The molecule has 1 amide bonds. The maximum Gasteiger partial charge on any atom is 0.330 e. The molecule has 0 spiro atoms. The van der Waals surface area contributed by atoms with Gasteiger partial charge in [0.05, 0.1) is 12.5 Å². The van der Waals surface area contributed by atoms with E-state index in [4.69, 9.17) is 4.74 Å². The van der Waals surface area contributed by atoms with Gasteiger partial charge in [-0.25, -0.2) is 4.79 Å². The molecular weight excluding hydrogens is 258 g/mol. The largest absolute Gasteiger partial charge is 0.479 e. The van der Waals surface area contributed by atoms with Crippen molar-refractivity contribution in [1.29, 1.82) is 0 Å². The zero-order valence-electron chi connectivity index (χ0n) is 11.2. The molecule has 1 fully saturated rings. The van der Waals surface area contributed by atoms with Crippen molar-refractivity contribution in [1.82, 2.24) is 5.32 Å². The van der Waals surface area contributed by atoms with Crippen LogP contribution in [0, 0.1) is 0 Å². The van der Waals surface area contributed by atoms with Gasteiger partial charge in [-0.1, -0.05) is 30.3 Å². The Balaban J connectivity index is 1.94. The van der Waals surface area contributed by atoms with Crippen molar-refractivity contribution < 1.29 is 19.4 Å². The lowest BCUT2D eigenvalue weighted by Crippen LogP contribution is -2.36. The molecule has 0 aromatic heterocycles. The quantitative estimate of drug-likeness (QED) is 0.861. The first kappa shape index (κ1) is 14.5. The van der Waals surface area contributed by atoms with Gasteiger partial charge in [0.1, 0.15) is 0 Å². The molecule has 2 N–H and O–H groups in total. The van der Waals surface area contributed by atoms with Crippen molar-refractivity contribution in [2.75, 3.05) is 6.61 Å². The zero-order valence-corrected chi connectivity index (χ0v) is 11.2. The van der Waals surface area contributed by atoms with Crippen LogP contribution in [-0.2, 0) is 14.3 Å². The van der Waals surface area contributed by atoms with Crippen molar-refractivity contribution >= 4 is 11.9 Å². The molecule has 1 heterocycles. The molecular formula is C15H19NO4. The first-order valence-corrected chi connectivity index (χ1v) is 6.85. The van der Waals surface area contributed by atoms with Gasteiger partial charge in [0.25, 0.3) is 0 Å². The summed E-state index contributed by atoms with van der Waals surface area (Å²) in [5.41, 5.74) is 0.568. The molecule has 2 atom stereocenters. The van der Waals surface area contributed by atoms with Crippen molar-refractivity contribution in [3.05, 3.63) is 35.9 Å². The van der Waals surface area contributed by atoms with Crippen LogP contribution in [0.15, 0.2) is 30.3 Å². The van der Waals surface area contributed by atoms with Gasteiger partial charge in [-0.3, -0.25) is 4.79 Å². The first-order chi connectivity index (χ1) is 9.66. The van der Waals surface area contributed by atoms with E-state index in [1.54, 1.807) is 30.3 Å². The lowest BCUT2D eigenvalue weighted by atomic mass is 10.0. The third kappa shape index (κ3) is 4.06. The average molecular weight is 277 g/mol. The second-order valence-electron chi connectivity index (χ2n) is 4.94. The molecule has 1 aliphatic heterocycles. The lowest BCUT2D eigenvalue weighted by Gasteiger charge is -2.23. The fourth-order valence-electron chi connectivity index (χ4n) is 2.33. The second kappa shape index (κ2) is 7.05. The number of rotatable bonds is 5. The second-order valence-corrected chi connectivity index (χ2v) is 4.94. The summed E-state index contributed by atoms with van der Waals surface area (Å²) >= 11 is 0. The molecule has 5 heteroatoms. The lowest BCUT2D eigenvalue weighted by molar-refractivity contribution is -0.142. The molecule has 1 aromatic rings. The minimum atomic E-state index is -1.06. The Bertz CT molecular complexity index is 454. The molecule has 1 saturated heterocycles. The third-order valence-electron chi connectivity index (χ3n) is 3.37. The number of amides is 1. The van der Waals surface area contributed by atoms with E-state index in [2.05, 4.69) is 5.32 Å². The number of hydrogen-bond donors (Lipinski definition) is 2. The summed E-state index contributed by atoms with van der Waals surface area (Å²) in [5, 5.41) is 11.8. The maximum absolute atomic E-state index is 11.9. The van der Waals surface area contributed by atoms with E-state index in [-0.39, 0.29) is 18.4 Å². The number of hydrogen-bond acceptors (Lipinski definition) is 3. The van der Waals surface area contributed by atoms with Gasteiger partial charge >= 0.3 is 5.97 Å². The number of ether oxygens (including phenoxy) is 1. The molecule has 2 rings (SSSR count). The van der Waals surface area contributed by atoms with Gasteiger partial charge in [0.2, 0.25) is 5.91 Å². The Morgan fingerprint density at radius 1 is 1.30 bits per heavy atom. The van der Waals surface area contributed by atoms with Gasteiger partial charge in [0, 0.05) is 6.61 Å². The van der Waals surface area contributed by atoms with Crippen molar-refractivity contribution in [2.24, 2.45) is 0 Å². The summed E-state index contributed by atoms with van der Waals surface area (Å²) in [7, 11) is 0. The van der Waals surface area contributed by atoms with E-state index in [1.165, 1.54) is 0 Å². The highest BCUT2D eigenvalue weighted by molar-refractivity contribution is 5.84. The summed E-state index contributed by atoms with van der Waals surface area (Å²) in [6.07, 6.45) is 3.07. The minimum Gasteiger partial charge on any atom is -0.479 e. The van der Waals surface area contributed by atoms with Crippen LogP contribution in [0.2, 0.25) is 0 Å². The fourth-order valence-corrected chi connectivity index (χ4v) is 2.33. The Kier molecular flexibility index (Phi) is 5.12. The van der Waals surface area contributed by atoms with Crippen LogP contribution in [-0.4, -0.2) is 29.7 Å². The third-order valence-corrected chi connectivity index (χ3v) is 3.37. The molecule has 0 bridgehead atoms. The van der Waals surface area contributed by atoms with E-state index >= 15 is 0 Å². The van der Waals surface area contributed by atoms with Crippen LogP contribution >= 0.6 is 0 Å². The van der Waals surface area contributed by atoms with Crippen molar-refractivity contribution in [3.63, 3.8) is 0 Å². The maximum atomic E-state index is 11.9. The number of aliphatic carboxylic acids is 1. The molecule has 1 unspecified atom stereocenters. The van der Waals surface area contributed by atoms with Crippen molar-refractivity contribution in [2.45, 2.75) is 37.8 Å². The van der Waals surface area contributed by atoms with Gasteiger partial charge < -0.3 is 15.2 Å². The molecule has 0 radical (unpaired) electrons. The number of nitrogens with one attached hydrogen (secondary N) is 1. The number of carbonyl (C=O) groups excluding carboxylic acids is 1. The number of carbonyl (C=O) groups is 2. The summed E-state index contributed by atoms with van der Waals surface area (Å²) in [5.74, 6) is -1.35. The summed E-state index contributed by atoms with van der Waals surface area (Å²) < 4.78 is 5.49. The minimum absolute atomic E-state index is 0.0889. The fraction of sp³-hybridized carbons (Fsp3) is 0.467. The van der Waals surface area contributed by atoms with Crippen LogP contribution < -0.4 is 5.32 Å². The smallest absolute Gasteiger partial charge is 0.330 e. The molecule has 108 valence electrons. The van der Waals surface area contributed by atoms with Gasteiger partial charge in [0.15, 0.2) is 6.04 Å². The highest BCUT2D eigenvalue weighted by Crippen LogP contribution is 2.17. The highest BCUT2D eigenvalue weighted by atomic mass is 16.5. The van der Waals surface area contributed by atoms with Crippen LogP contribution in [0.3, 0.4) is 0 Å². The summed E-state index contributed by atoms with van der Waals surface area (Å²) in [4.78, 5) is 23.2. The number of benzene rings is 1. The predicted molar refractivity (Wildman–Crippen MR) is 73.2 cm³/mol. The zero-order chi connectivity index (χ0) is 14.4. The molecule has 1 aliphatic rings. The van der Waals surface area contributed by atoms with Crippen LogP contribution in [0.1, 0.15) is 37.3 Å². The van der Waals surface area contributed by atoms with Crippen molar-refractivity contribution in [3.8, 4) is 0 Å². The predicted octanol–water partition coefficient (Wildman–Crippen LogP) is 1.89. The average Bonchev–Trinajstić information content (AvgIpc) is 2.46. The number of carboxylic acids is 1. The Labute approximate surface area is 117 Å². The molecule has 20 heavy (non-hydrogen) atoms. The van der Waals surface area contributed by atoms with Gasteiger partial charge in [-0.2, -0.15) is 0 Å². The Hall–Kier alpha value is -1.88. The molecule has 1 aromatic carbocycles. The highest BCUT2D eigenvalue weighted by Gasteiger charge is 2.24. The molecule has 5 nitrogen and oxygen atoms in total. The van der Waals surface area contributed by atoms with E-state index in [1.807, 2.05) is 0 Å². The summed E-state index contributed by atoms with van der Waals surface area (Å²) in [6, 6.07) is 7.68. The molecule has 0 saturated carbocycles. The normalized spacial score (nSPS) is 20.1. The van der Waals surface area contributed by atoms with E-state index < -0.39 is 12.0 Å². The first-order valence-electron chi connectivity index (χ1n) is 6.85. The van der Waals surface area contributed by atoms with E-state index in [9.17, 15) is 14.7 Å². The van der Waals surface area contributed by atoms with Gasteiger partial charge in [-0.05, 0) is 24.8 Å². The number of carboxylic acid groups (broad SMARTS) is 1.